The summed E-state index contributed by atoms with van der Waals surface area (Å²) in [6.07, 6.45) is 7.28. The zero-order chi connectivity index (χ0) is 18.5. The molecule has 0 unspecified atom stereocenters. The first kappa shape index (κ1) is 15.5. The van der Waals surface area contributed by atoms with Gasteiger partial charge in [-0.15, -0.1) is 11.3 Å². The molecule has 2 aromatic carbocycles. The fourth-order valence-electron chi connectivity index (χ4n) is 3.70. The number of nitrogens with zero attached hydrogens (tertiary/aromatic N) is 2. The lowest BCUT2D eigenvalue weighted by molar-refractivity contribution is 0.673. The van der Waals surface area contributed by atoms with Crippen molar-refractivity contribution in [3.8, 4) is 22.3 Å². The highest BCUT2D eigenvalue weighted by molar-refractivity contribution is 7.26. The molecule has 3 nitrogen and oxygen atoms in total. The molecule has 28 heavy (non-hydrogen) atoms. The van der Waals surface area contributed by atoms with Crippen molar-refractivity contribution in [2.75, 3.05) is 0 Å². The average molecular weight is 378 g/mol. The van der Waals surface area contributed by atoms with Crippen molar-refractivity contribution in [2.24, 2.45) is 0 Å². The van der Waals surface area contributed by atoms with E-state index in [4.69, 9.17) is 4.42 Å². The second-order valence-corrected chi connectivity index (χ2v) is 7.81. The Bertz CT molecular complexity index is 1340. The Kier molecular flexibility index (Phi) is 3.34. The van der Waals surface area contributed by atoms with Gasteiger partial charge in [-0.05, 0) is 70.8 Å². The van der Waals surface area contributed by atoms with Gasteiger partial charge in [-0.2, -0.15) is 0 Å². The van der Waals surface area contributed by atoms with E-state index in [1.165, 1.54) is 31.3 Å². The molecule has 0 spiro atoms. The fourth-order valence-corrected chi connectivity index (χ4v) is 4.90. The molecule has 4 heterocycles. The molecule has 6 aromatic rings. The van der Waals surface area contributed by atoms with E-state index in [0.717, 1.165) is 22.3 Å². The number of fused-ring (bicyclic) bond motifs is 5. The first-order valence-corrected chi connectivity index (χ1v) is 9.88. The molecular weight excluding hydrogens is 364 g/mol. The van der Waals surface area contributed by atoms with Crippen molar-refractivity contribution < 1.29 is 4.42 Å². The van der Waals surface area contributed by atoms with E-state index in [1.54, 1.807) is 11.3 Å². The van der Waals surface area contributed by atoms with Gasteiger partial charge in [0, 0.05) is 40.3 Å². The lowest BCUT2D eigenvalue weighted by Crippen LogP contribution is -1.78. The molecule has 0 N–H and O–H groups in total. The molecule has 0 atom stereocenters. The Morgan fingerprint density at radius 2 is 1.21 bits per heavy atom. The Morgan fingerprint density at radius 3 is 1.89 bits per heavy atom. The van der Waals surface area contributed by atoms with Gasteiger partial charge in [0.25, 0.3) is 0 Å². The largest absolute Gasteiger partial charge is 0.454 e. The predicted octanol–water partition coefficient (Wildman–Crippen LogP) is 6.92. The SMILES string of the molecule is c1cc(-c2ccc3c(c2)oc2c4ccc(-c5ccncc5)cc4sc32)ccn1. The smallest absolute Gasteiger partial charge is 0.154 e. The molecule has 6 rings (SSSR count). The lowest BCUT2D eigenvalue weighted by atomic mass is 10.1. The van der Waals surface area contributed by atoms with Crippen LogP contribution in [0.2, 0.25) is 0 Å². The topological polar surface area (TPSA) is 38.9 Å². The maximum atomic E-state index is 6.30. The summed E-state index contributed by atoms with van der Waals surface area (Å²) in [5.74, 6) is 0. The first-order chi connectivity index (χ1) is 13.9. The lowest BCUT2D eigenvalue weighted by Gasteiger charge is -2.01. The van der Waals surface area contributed by atoms with Crippen LogP contribution in [0.25, 0.3) is 53.6 Å². The standard InChI is InChI=1S/C24H14N2OS/c1-3-19-21(13-17(1)15-5-9-25-10-6-15)27-23-20-4-2-18(14-22(20)28-24(19)23)16-7-11-26-12-8-16/h1-14H. The fraction of sp³-hybridized carbons (Fsp3) is 0. The Hall–Kier alpha value is -3.50. The number of aromatic nitrogens is 2. The van der Waals surface area contributed by atoms with Crippen molar-refractivity contribution in [3.63, 3.8) is 0 Å². The molecule has 0 aliphatic heterocycles. The minimum absolute atomic E-state index is 0.927. The molecule has 0 fully saturated rings. The van der Waals surface area contributed by atoms with Gasteiger partial charge < -0.3 is 4.42 Å². The number of hydrogen-bond donors (Lipinski definition) is 0. The maximum absolute atomic E-state index is 6.30. The third-order valence-corrected chi connectivity index (χ3v) is 6.28. The molecule has 0 aliphatic rings. The van der Waals surface area contributed by atoms with Crippen molar-refractivity contribution in [3.05, 3.63) is 85.5 Å². The quantitative estimate of drug-likeness (QED) is 0.328. The van der Waals surface area contributed by atoms with Gasteiger partial charge in [0.15, 0.2) is 5.58 Å². The van der Waals surface area contributed by atoms with E-state index in [9.17, 15) is 0 Å². The van der Waals surface area contributed by atoms with Gasteiger partial charge in [0.1, 0.15) is 5.58 Å². The van der Waals surface area contributed by atoms with Gasteiger partial charge in [-0.1, -0.05) is 12.1 Å². The van der Waals surface area contributed by atoms with Crippen LogP contribution in [0.15, 0.2) is 89.9 Å². The molecule has 0 amide bonds. The normalized spacial score (nSPS) is 11.6. The van der Waals surface area contributed by atoms with Gasteiger partial charge in [0.2, 0.25) is 0 Å². The molecule has 4 heteroatoms. The zero-order valence-electron chi connectivity index (χ0n) is 14.8. The minimum Gasteiger partial charge on any atom is -0.454 e. The van der Waals surface area contributed by atoms with E-state index in [-0.39, 0.29) is 0 Å². The Labute approximate surface area is 164 Å². The highest BCUT2D eigenvalue weighted by Gasteiger charge is 2.15. The monoisotopic (exact) mass is 378 g/mol. The predicted molar refractivity (Wildman–Crippen MR) is 116 cm³/mol. The molecule has 132 valence electrons. The summed E-state index contributed by atoms with van der Waals surface area (Å²) in [7, 11) is 0. The summed E-state index contributed by atoms with van der Waals surface area (Å²) < 4.78 is 8.74. The number of hydrogen-bond acceptors (Lipinski definition) is 4. The number of pyridine rings is 2. The van der Waals surface area contributed by atoms with Crippen LogP contribution in [0.5, 0.6) is 0 Å². The molecule has 0 radical (unpaired) electrons. The van der Waals surface area contributed by atoms with Crippen LogP contribution in [0.3, 0.4) is 0 Å². The molecule has 0 saturated carbocycles. The van der Waals surface area contributed by atoms with Gasteiger partial charge in [0.05, 0.1) is 4.70 Å². The van der Waals surface area contributed by atoms with E-state index in [2.05, 4.69) is 46.4 Å². The summed E-state index contributed by atoms with van der Waals surface area (Å²) in [4.78, 5) is 8.20. The van der Waals surface area contributed by atoms with E-state index in [1.807, 2.05) is 49.1 Å². The van der Waals surface area contributed by atoms with Gasteiger partial charge >= 0.3 is 0 Å². The average Bonchev–Trinajstić information content (AvgIpc) is 3.30. The number of thiophene rings is 1. The van der Waals surface area contributed by atoms with Crippen LogP contribution in [0.4, 0.5) is 0 Å². The van der Waals surface area contributed by atoms with Crippen LogP contribution in [0.1, 0.15) is 0 Å². The van der Waals surface area contributed by atoms with E-state index < -0.39 is 0 Å². The summed E-state index contributed by atoms with van der Waals surface area (Å²) in [6, 6.07) is 21.1. The molecular formula is C24H14N2OS. The highest BCUT2D eigenvalue weighted by Crippen LogP contribution is 2.42. The van der Waals surface area contributed by atoms with Crippen molar-refractivity contribution in [2.45, 2.75) is 0 Å². The highest BCUT2D eigenvalue weighted by atomic mass is 32.1. The van der Waals surface area contributed by atoms with Crippen LogP contribution < -0.4 is 0 Å². The molecule has 0 aliphatic carbocycles. The van der Waals surface area contributed by atoms with E-state index >= 15 is 0 Å². The van der Waals surface area contributed by atoms with Crippen LogP contribution in [-0.4, -0.2) is 9.97 Å². The summed E-state index contributed by atoms with van der Waals surface area (Å²) in [5, 5.41) is 2.33. The van der Waals surface area contributed by atoms with Gasteiger partial charge in [-0.25, -0.2) is 0 Å². The molecule has 0 bridgehead atoms. The van der Waals surface area contributed by atoms with Crippen LogP contribution in [0, 0.1) is 0 Å². The van der Waals surface area contributed by atoms with E-state index in [0.29, 0.717) is 0 Å². The minimum atomic E-state index is 0.927. The van der Waals surface area contributed by atoms with Crippen molar-refractivity contribution >= 4 is 42.7 Å². The third kappa shape index (κ3) is 2.35. The van der Waals surface area contributed by atoms with Crippen molar-refractivity contribution in [1.82, 2.24) is 9.97 Å². The van der Waals surface area contributed by atoms with Crippen molar-refractivity contribution in [1.29, 1.82) is 0 Å². The van der Waals surface area contributed by atoms with Crippen LogP contribution >= 0.6 is 11.3 Å². The number of furan rings is 1. The second-order valence-electron chi connectivity index (χ2n) is 6.76. The summed E-state index contributed by atoms with van der Waals surface area (Å²) >= 11 is 1.79. The molecule has 0 saturated heterocycles. The van der Waals surface area contributed by atoms with Crippen LogP contribution in [-0.2, 0) is 0 Å². The summed E-state index contributed by atoms with van der Waals surface area (Å²) in [6.45, 7) is 0. The molecule has 4 aromatic heterocycles. The second kappa shape index (κ2) is 6.01. The number of rotatable bonds is 2. The maximum Gasteiger partial charge on any atom is 0.154 e. The Morgan fingerprint density at radius 1 is 0.607 bits per heavy atom. The number of benzene rings is 2. The first-order valence-electron chi connectivity index (χ1n) is 9.06. The Balaban J connectivity index is 1.53. The summed E-state index contributed by atoms with van der Waals surface area (Å²) in [5.41, 5.74) is 6.56. The zero-order valence-corrected chi connectivity index (χ0v) is 15.6. The van der Waals surface area contributed by atoms with Gasteiger partial charge in [-0.3, -0.25) is 9.97 Å². The third-order valence-electron chi connectivity index (χ3n) is 5.11.